The molecule has 7 nitrogen and oxygen atoms in total. The monoisotopic (exact) mass is 591 g/mol. The Morgan fingerprint density at radius 2 is 1.73 bits per heavy atom. The molecule has 44 heavy (non-hydrogen) atoms. The van der Waals surface area contributed by atoms with Gasteiger partial charge in [-0.1, -0.05) is 84.9 Å². The molecule has 2 fully saturated rings. The number of rotatable bonds is 12. The third kappa shape index (κ3) is 8.33. The molecule has 4 aromatic carbocycles. The van der Waals surface area contributed by atoms with E-state index in [4.69, 9.17) is 14.3 Å². The van der Waals surface area contributed by atoms with Gasteiger partial charge in [0.1, 0.15) is 12.4 Å². The van der Waals surface area contributed by atoms with Crippen molar-refractivity contribution in [1.29, 1.82) is 0 Å². The van der Waals surface area contributed by atoms with Crippen LogP contribution in [0.3, 0.4) is 0 Å². The molecule has 0 saturated carbocycles. The summed E-state index contributed by atoms with van der Waals surface area (Å²) in [5, 5.41) is 6.05. The Balaban J connectivity index is 1.10. The summed E-state index contributed by atoms with van der Waals surface area (Å²) in [4.78, 5) is 20.6. The number of fused-ring (bicyclic) bond motifs is 1. The third-order valence-corrected chi connectivity index (χ3v) is 8.27. The zero-order valence-corrected chi connectivity index (χ0v) is 25.1. The van der Waals surface area contributed by atoms with E-state index in [2.05, 4.69) is 70.3 Å². The van der Waals surface area contributed by atoms with Crippen LogP contribution in [0.5, 0.6) is 5.75 Å². The first kappa shape index (κ1) is 30.0. The number of carbonyl (C=O) groups is 1. The quantitative estimate of drug-likeness (QED) is 0.187. The number of amides is 1. The second kappa shape index (κ2) is 15.1. The summed E-state index contributed by atoms with van der Waals surface area (Å²) in [5.74, 6) is 0.593. The molecule has 0 aromatic heterocycles. The molecule has 7 heteroatoms. The average Bonchev–Trinajstić information content (AvgIpc) is 3.53. The lowest BCUT2D eigenvalue weighted by Crippen LogP contribution is -2.34. The number of hydrogen-bond acceptors (Lipinski definition) is 6. The first-order valence-corrected chi connectivity index (χ1v) is 15.7. The number of benzene rings is 4. The fourth-order valence-corrected chi connectivity index (χ4v) is 5.84. The maximum Gasteiger partial charge on any atom is 0.274 e. The lowest BCUT2D eigenvalue weighted by Gasteiger charge is -2.22. The highest BCUT2D eigenvalue weighted by Crippen LogP contribution is 2.26. The van der Waals surface area contributed by atoms with Crippen molar-refractivity contribution in [3.8, 4) is 5.75 Å². The third-order valence-electron chi connectivity index (χ3n) is 8.27. The number of nitrogens with zero attached hydrogens (tertiary/aromatic N) is 1. The Hall–Kier alpha value is -4.01. The molecule has 2 saturated heterocycles. The molecule has 6 rings (SSSR count). The maximum absolute atomic E-state index is 12.6. The maximum atomic E-state index is 12.6. The standard InChI is InChI=1S/C37H41N3O4/c41-37(39-44-36-15-6-7-22-42-36)32-18-16-28(17-19-32)23-30(27-43-35-14-8-12-31-11-4-5-13-34(31)35)24-38-33-20-21-40(26-33)25-29-9-2-1-3-10-29/h1-5,8-14,16-19,23,33,36,38H,6-7,15,20-22,24-27H2,(H,39,41)/b30-23+. The molecular formula is C37H41N3O4. The lowest BCUT2D eigenvalue weighted by atomic mass is 10.1. The Labute approximate surface area is 259 Å². The van der Waals surface area contributed by atoms with Crippen molar-refractivity contribution < 1.29 is 19.1 Å². The summed E-state index contributed by atoms with van der Waals surface area (Å²) in [6.07, 6.45) is 5.74. The van der Waals surface area contributed by atoms with E-state index in [1.54, 1.807) is 0 Å². The van der Waals surface area contributed by atoms with E-state index in [1.165, 1.54) is 5.56 Å². The zero-order valence-electron chi connectivity index (χ0n) is 25.1. The van der Waals surface area contributed by atoms with Crippen LogP contribution in [0.25, 0.3) is 16.8 Å². The van der Waals surface area contributed by atoms with Crippen molar-refractivity contribution in [1.82, 2.24) is 15.7 Å². The minimum absolute atomic E-state index is 0.280. The number of hydrogen-bond donors (Lipinski definition) is 2. The van der Waals surface area contributed by atoms with Gasteiger partial charge in [0.2, 0.25) is 0 Å². The Bertz CT molecular complexity index is 1530. The van der Waals surface area contributed by atoms with Crippen molar-refractivity contribution in [3.05, 3.63) is 119 Å². The summed E-state index contributed by atoms with van der Waals surface area (Å²) < 4.78 is 11.9. The number of hydroxylamine groups is 1. The van der Waals surface area contributed by atoms with Crippen molar-refractivity contribution in [2.24, 2.45) is 0 Å². The normalized spacial score (nSPS) is 19.2. The Morgan fingerprint density at radius 3 is 2.57 bits per heavy atom. The molecule has 0 spiro atoms. The summed E-state index contributed by atoms with van der Waals surface area (Å²) in [7, 11) is 0. The van der Waals surface area contributed by atoms with Gasteiger partial charge in [0, 0.05) is 56.2 Å². The zero-order chi connectivity index (χ0) is 30.0. The van der Waals surface area contributed by atoms with Crippen LogP contribution >= 0.6 is 0 Å². The fraction of sp³-hybridized carbons (Fsp3) is 0.324. The second-order valence-corrected chi connectivity index (χ2v) is 11.6. The molecular weight excluding hydrogens is 550 g/mol. The predicted molar refractivity (Wildman–Crippen MR) is 174 cm³/mol. The smallest absolute Gasteiger partial charge is 0.274 e. The van der Waals surface area contributed by atoms with E-state index in [1.807, 2.05) is 48.5 Å². The van der Waals surface area contributed by atoms with Gasteiger partial charge in [-0.05, 0) is 59.5 Å². The van der Waals surface area contributed by atoms with Gasteiger partial charge in [-0.3, -0.25) is 9.69 Å². The molecule has 0 aliphatic carbocycles. The molecule has 2 unspecified atom stereocenters. The predicted octanol–water partition coefficient (Wildman–Crippen LogP) is 6.35. The highest BCUT2D eigenvalue weighted by atomic mass is 16.8. The van der Waals surface area contributed by atoms with E-state index in [0.29, 0.717) is 31.4 Å². The number of likely N-dealkylation sites (tertiary alicyclic amines) is 1. The molecule has 2 aliphatic heterocycles. The average molecular weight is 592 g/mol. The van der Waals surface area contributed by atoms with Crippen LogP contribution < -0.4 is 15.5 Å². The van der Waals surface area contributed by atoms with E-state index in [9.17, 15) is 4.79 Å². The number of ether oxygens (including phenoxy) is 2. The van der Waals surface area contributed by atoms with Gasteiger partial charge in [0.15, 0.2) is 6.29 Å². The molecule has 4 aromatic rings. The fourth-order valence-electron chi connectivity index (χ4n) is 5.84. The van der Waals surface area contributed by atoms with Crippen molar-refractivity contribution in [3.63, 3.8) is 0 Å². The largest absolute Gasteiger partial charge is 0.489 e. The SMILES string of the molecule is O=C(NOC1CCCCO1)c1ccc(/C=C(\CNC2CCN(Cc3ccccc3)C2)COc2cccc3ccccc23)cc1. The first-order chi connectivity index (χ1) is 21.7. The number of nitrogens with one attached hydrogen (secondary N) is 2. The van der Waals surface area contributed by atoms with Crippen LogP contribution in [-0.2, 0) is 16.1 Å². The van der Waals surface area contributed by atoms with Gasteiger partial charge in [0.05, 0.1) is 0 Å². The first-order valence-electron chi connectivity index (χ1n) is 15.7. The van der Waals surface area contributed by atoms with E-state index < -0.39 is 0 Å². The topological polar surface area (TPSA) is 72.1 Å². The van der Waals surface area contributed by atoms with Gasteiger partial charge in [0.25, 0.3) is 5.91 Å². The van der Waals surface area contributed by atoms with Crippen LogP contribution in [0.2, 0.25) is 0 Å². The Kier molecular flexibility index (Phi) is 10.3. The number of carbonyl (C=O) groups excluding carboxylic acids is 1. The van der Waals surface area contributed by atoms with Crippen LogP contribution in [-0.4, -0.2) is 56.0 Å². The molecule has 2 heterocycles. The van der Waals surface area contributed by atoms with Crippen LogP contribution in [0.15, 0.2) is 103 Å². The molecule has 2 aliphatic rings. The molecule has 228 valence electrons. The van der Waals surface area contributed by atoms with Crippen molar-refractivity contribution in [2.75, 3.05) is 32.8 Å². The second-order valence-electron chi connectivity index (χ2n) is 11.6. The van der Waals surface area contributed by atoms with E-state index in [0.717, 1.165) is 73.0 Å². The summed E-state index contributed by atoms with van der Waals surface area (Å²) >= 11 is 0. The van der Waals surface area contributed by atoms with Crippen LogP contribution in [0, 0.1) is 0 Å². The molecule has 0 radical (unpaired) electrons. The molecule has 0 bridgehead atoms. The van der Waals surface area contributed by atoms with Gasteiger partial charge in [-0.25, -0.2) is 10.3 Å². The highest BCUT2D eigenvalue weighted by Gasteiger charge is 2.22. The summed E-state index contributed by atoms with van der Waals surface area (Å²) in [5.41, 5.74) is 6.57. The summed E-state index contributed by atoms with van der Waals surface area (Å²) in [6, 6.07) is 33.1. The minimum Gasteiger partial charge on any atom is -0.489 e. The van der Waals surface area contributed by atoms with Crippen molar-refractivity contribution >= 4 is 22.8 Å². The lowest BCUT2D eigenvalue weighted by molar-refractivity contribution is -0.186. The van der Waals surface area contributed by atoms with Gasteiger partial charge in [-0.15, -0.1) is 0 Å². The minimum atomic E-state index is -0.378. The molecule has 1 amide bonds. The van der Waals surface area contributed by atoms with Gasteiger partial charge >= 0.3 is 0 Å². The van der Waals surface area contributed by atoms with Crippen LogP contribution in [0.1, 0.15) is 47.2 Å². The molecule has 2 N–H and O–H groups in total. The van der Waals surface area contributed by atoms with Crippen LogP contribution in [0.4, 0.5) is 0 Å². The van der Waals surface area contributed by atoms with E-state index in [-0.39, 0.29) is 12.2 Å². The van der Waals surface area contributed by atoms with Gasteiger partial charge < -0.3 is 14.8 Å². The van der Waals surface area contributed by atoms with Crippen molar-refractivity contribution in [2.45, 2.75) is 44.6 Å². The Morgan fingerprint density at radius 1 is 0.909 bits per heavy atom. The molecule has 2 atom stereocenters. The van der Waals surface area contributed by atoms with Gasteiger partial charge in [-0.2, -0.15) is 0 Å². The highest BCUT2D eigenvalue weighted by molar-refractivity contribution is 5.93. The van der Waals surface area contributed by atoms with E-state index >= 15 is 0 Å². The summed E-state index contributed by atoms with van der Waals surface area (Å²) in [6.45, 7) is 4.91.